The summed E-state index contributed by atoms with van der Waals surface area (Å²) >= 11 is 4.93. The van der Waals surface area contributed by atoms with Crippen LogP contribution in [0.1, 0.15) is 16.4 Å². The predicted octanol–water partition coefficient (Wildman–Crippen LogP) is 4.01. The largest absolute Gasteiger partial charge is 0.369 e. The molecule has 3 aromatic rings. The minimum absolute atomic E-state index is 0.191. The second-order valence-electron chi connectivity index (χ2n) is 5.37. The van der Waals surface area contributed by atoms with Gasteiger partial charge in [0, 0.05) is 32.5 Å². The number of primary amides is 1. The molecule has 2 aromatic heterocycles. The van der Waals surface area contributed by atoms with Crippen LogP contribution >= 0.6 is 27.3 Å². The summed E-state index contributed by atoms with van der Waals surface area (Å²) in [6.07, 6.45) is 0.191. The number of hydrogen-bond acceptors (Lipinski definition) is 3. The van der Waals surface area contributed by atoms with Crippen LogP contribution in [-0.4, -0.2) is 15.5 Å². The van der Waals surface area contributed by atoms with E-state index in [-0.39, 0.29) is 12.3 Å². The SMILES string of the molecule is Cc1cc(-c2csc(CC(N)=O)n2)c(C)n1-c1ccc(Br)cc1. The zero-order chi connectivity index (χ0) is 16.6. The van der Waals surface area contributed by atoms with E-state index >= 15 is 0 Å². The highest BCUT2D eigenvalue weighted by atomic mass is 79.9. The zero-order valence-electron chi connectivity index (χ0n) is 12.8. The van der Waals surface area contributed by atoms with Crippen molar-refractivity contribution >= 4 is 33.2 Å². The van der Waals surface area contributed by atoms with E-state index in [0.717, 1.165) is 37.8 Å². The molecule has 0 atom stereocenters. The third-order valence-electron chi connectivity index (χ3n) is 3.67. The summed E-state index contributed by atoms with van der Waals surface area (Å²) in [5.74, 6) is -0.355. The topological polar surface area (TPSA) is 60.9 Å². The van der Waals surface area contributed by atoms with Gasteiger partial charge in [0.2, 0.25) is 5.91 Å². The van der Waals surface area contributed by atoms with Crippen LogP contribution in [-0.2, 0) is 11.2 Å². The van der Waals surface area contributed by atoms with Gasteiger partial charge in [-0.1, -0.05) is 15.9 Å². The average molecular weight is 390 g/mol. The fourth-order valence-corrected chi connectivity index (χ4v) is 3.74. The minimum Gasteiger partial charge on any atom is -0.369 e. The molecule has 0 fully saturated rings. The van der Waals surface area contributed by atoms with Crippen molar-refractivity contribution in [3.8, 4) is 16.9 Å². The Bertz CT molecular complexity index is 865. The summed E-state index contributed by atoms with van der Waals surface area (Å²) in [7, 11) is 0. The molecule has 0 radical (unpaired) electrons. The van der Waals surface area contributed by atoms with Crippen molar-refractivity contribution in [3.63, 3.8) is 0 Å². The predicted molar refractivity (Wildman–Crippen MR) is 96.9 cm³/mol. The molecule has 0 aliphatic heterocycles. The van der Waals surface area contributed by atoms with Crippen LogP contribution in [0, 0.1) is 13.8 Å². The van der Waals surface area contributed by atoms with Crippen LogP contribution in [0.15, 0.2) is 40.2 Å². The Morgan fingerprint density at radius 3 is 2.65 bits per heavy atom. The van der Waals surface area contributed by atoms with Crippen molar-refractivity contribution in [1.29, 1.82) is 0 Å². The number of thiazole rings is 1. The number of carbonyl (C=O) groups excluding carboxylic acids is 1. The summed E-state index contributed by atoms with van der Waals surface area (Å²) in [4.78, 5) is 15.6. The summed E-state index contributed by atoms with van der Waals surface area (Å²) in [6.45, 7) is 4.16. The first-order valence-electron chi connectivity index (χ1n) is 7.13. The molecule has 6 heteroatoms. The molecule has 0 saturated carbocycles. The van der Waals surface area contributed by atoms with E-state index in [9.17, 15) is 4.79 Å². The first-order valence-corrected chi connectivity index (χ1v) is 8.81. The lowest BCUT2D eigenvalue weighted by Crippen LogP contribution is -2.13. The molecule has 0 unspecified atom stereocenters. The van der Waals surface area contributed by atoms with Crippen molar-refractivity contribution < 1.29 is 4.79 Å². The van der Waals surface area contributed by atoms with Gasteiger partial charge in [-0.05, 0) is 44.2 Å². The van der Waals surface area contributed by atoms with Gasteiger partial charge in [-0.25, -0.2) is 4.98 Å². The van der Waals surface area contributed by atoms with Crippen LogP contribution in [0.5, 0.6) is 0 Å². The van der Waals surface area contributed by atoms with E-state index < -0.39 is 0 Å². The number of aromatic nitrogens is 2. The summed E-state index contributed by atoms with van der Waals surface area (Å²) in [6, 6.07) is 10.3. The van der Waals surface area contributed by atoms with Gasteiger partial charge in [-0.15, -0.1) is 11.3 Å². The summed E-state index contributed by atoms with van der Waals surface area (Å²) in [5.41, 5.74) is 10.6. The van der Waals surface area contributed by atoms with E-state index in [1.165, 1.54) is 11.3 Å². The Kier molecular flexibility index (Phi) is 4.37. The number of halogens is 1. The number of carbonyl (C=O) groups is 1. The third kappa shape index (κ3) is 3.23. The Hall–Kier alpha value is -1.92. The molecule has 4 nitrogen and oxygen atoms in total. The Labute approximate surface area is 147 Å². The molecule has 118 valence electrons. The number of aryl methyl sites for hydroxylation is 1. The van der Waals surface area contributed by atoms with Crippen molar-refractivity contribution in [3.05, 3.63) is 56.6 Å². The molecule has 0 saturated heterocycles. The monoisotopic (exact) mass is 389 g/mol. The Morgan fingerprint density at radius 2 is 2.00 bits per heavy atom. The number of nitrogens with zero attached hydrogens (tertiary/aromatic N) is 2. The highest BCUT2D eigenvalue weighted by Crippen LogP contribution is 2.30. The van der Waals surface area contributed by atoms with Gasteiger partial charge in [0.15, 0.2) is 0 Å². The normalized spacial score (nSPS) is 10.9. The van der Waals surface area contributed by atoms with E-state index in [0.29, 0.717) is 0 Å². The van der Waals surface area contributed by atoms with Crippen molar-refractivity contribution in [2.75, 3.05) is 0 Å². The maximum absolute atomic E-state index is 11.0. The summed E-state index contributed by atoms with van der Waals surface area (Å²) in [5, 5.41) is 2.73. The first-order chi connectivity index (χ1) is 11.0. The number of hydrogen-bond donors (Lipinski definition) is 1. The molecule has 1 amide bonds. The van der Waals surface area contributed by atoms with Gasteiger partial charge in [-0.2, -0.15) is 0 Å². The molecule has 0 aliphatic rings. The number of nitrogens with two attached hydrogens (primary N) is 1. The standard InChI is InChI=1S/C17H16BrN3OS/c1-10-7-14(15-9-23-17(20-15)8-16(19)22)11(2)21(10)13-5-3-12(18)4-6-13/h3-7,9H,8H2,1-2H3,(H2,19,22). The fourth-order valence-electron chi connectivity index (χ4n) is 2.67. The molecule has 3 rings (SSSR count). The second-order valence-corrected chi connectivity index (χ2v) is 7.22. The molecular formula is C17H16BrN3OS. The van der Waals surface area contributed by atoms with Crippen LogP contribution in [0.25, 0.3) is 16.9 Å². The smallest absolute Gasteiger partial charge is 0.224 e. The van der Waals surface area contributed by atoms with Crippen molar-refractivity contribution in [1.82, 2.24) is 9.55 Å². The Balaban J connectivity index is 2.02. The molecule has 2 N–H and O–H groups in total. The van der Waals surface area contributed by atoms with Crippen LogP contribution in [0.2, 0.25) is 0 Å². The summed E-state index contributed by atoms with van der Waals surface area (Å²) < 4.78 is 3.26. The van der Waals surface area contributed by atoms with Gasteiger partial charge >= 0.3 is 0 Å². The second kappa shape index (κ2) is 6.29. The quantitative estimate of drug-likeness (QED) is 0.732. The first kappa shape index (κ1) is 16.0. The van der Waals surface area contributed by atoms with Crippen LogP contribution < -0.4 is 5.73 Å². The van der Waals surface area contributed by atoms with Gasteiger partial charge in [0.25, 0.3) is 0 Å². The number of rotatable bonds is 4. The van der Waals surface area contributed by atoms with E-state index in [1.807, 2.05) is 17.5 Å². The van der Waals surface area contributed by atoms with Crippen LogP contribution in [0.4, 0.5) is 0 Å². The fraction of sp³-hybridized carbons (Fsp3) is 0.176. The van der Waals surface area contributed by atoms with Gasteiger partial charge in [-0.3, -0.25) is 4.79 Å². The average Bonchev–Trinajstić information content (AvgIpc) is 3.04. The lowest BCUT2D eigenvalue weighted by atomic mass is 10.2. The third-order valence-corrected chi connectivity index (χ3v) is 5.05. The highest BCUT2D eigenvalue weighted by Gasteiger charge is 2.15. The van der Waals surface area contributed by atoms with Gasteiger partial charge in [0.05, 0.1) is 12.1 Å². The zero-order valence-corrected chi connectivity index (χ0v) is 15.2. The molecular weight excluding hydrogens is 374 g/mol. The number of amides is 1. The van der Waals surface area contributed by atoms with Crippen LogP contribution in [0.3, 0.4) is 0 Å². The molecule has 0 spiro atoms. The van der Waals surface area contributed by atoms with E-state index in [4.69, 9.17) is 5.73 Å². The molecule has 0 bridgehead atoms. The van der Waals surface area contributed by atoms with Gasteiger partial charge < -0.3 is 10.3 Å². The minimum atomic E-state index is -0.355. The maximum Gasteiger partial charge on any atom is 0.224 e. The number of benzene rings is 1. The lowest BCUT2D eigenvalue weighted by molar-refractivity contribution is -0.117. The van der Waals surface area contributed by atoms with Crippen molar-refractivity contribution in [2.45, 2.75) is 20.3 Å². The van der Waals surface area contributed by atoms with E-state index in [1.54, 1.807) is 0 Å². The van der Waals surface area contributed by atoms with Crippen molar-refractivity contribution in [2.24, 2.45) is 5.73 Å². The highest BCUT2D eigenvalue weighted by molar-refractivity contribution is 9.10. The molecule has 23 heavy (non-hydrogen) atoms. The molecule has 2 heterocycles. The lowest BCUT2D eigenvalue weighted by Gasteiger charge is -2.09. The van der Waals surface area contributed by atoms with Gasteiger partial charge in [0.1, 0.15) is 5.01 Å². The molecule has 1 aromatic carbocycles. The maximum atomic E-state index is 11.0. The molecule has 0 aliphatic carbocycles. The Morgan fingerprint density at radius 1 is 1.30 bits per heavy atom. The van der Waals surface area contributed by atoms with E-state index in [2.05, 4.69) is 57.5 Å².